The first-order valence-corrected chi connectivity index (χ1v) is 6.52. The van der Waals surface area contributed by atoms with Crippen molar-refractivity contribution in [3.63, 3.8) is 0 Å². The lowest BCUT2D eigenvalue weighted by Crippen LogP contribution is -2.50. The van der Waals surface area contributed by atoms with Crippen molar-refractivity contribution in [3.8, 4) is 0 Å². The molecule has 2 N–H and O–H groups in total. The van der Waals surface area contributed by atoms with Gasteiger partial charge in [0.05, 0.1) is 12.1 Å². The molecule has 1 rings (SSSR count). The van der Waals surface area contributed by atoms with Gasteiger partial charge in [0.2, 0.25) is 0 Å². The average molecular weight is 268 g/mol. The number of rotatable bonds is 7. The number of hydrogen-bond donors (Lipinski definition) is 2. The molecule has 0 saturated heterocycles. The molecule has 0 aliphatic carbocycles. The van der Waals surface area contributed by atoms with Crippen LogP contribution in [0.15, 0.2) is 18.3 Å². The topological polar surface area (TPSA) is 63.5 Å². The number of hydrogen-bond acceptors (Lipinski definition) is 3. The second-order valence-electron chi connectivity index (χ2n) is 5.32. The molecule has 19 heavy (non-hydrogen) atoms. The molecule has 108 valence electrons. The lowest BCUT2D eigenvalue weighted by molar-refractivity contribution is 0.0717. The molecule has 1 atom stereocenters. The standard InChI is InChI=1S/C14H24N2O3/c1-11(2)16-8-5-6-12(16)13(18)15-14(3,7-9-17)10-19-4/h5-6,8,11,17H,7,9-10H2,1-4H3,(H,15,18). The van der Waals surface area contributed by atoms with E-state index in [-0.39, 0.29) is 18.6 Å². The van der Waals surface area contributed by atoms with Crippen molar-refractivity contribution < 1.29 is 14.6 Å². The third-order valence-electron chi connectivity index (χ3n) is 3.11. The van der Waals surface area contributed by atoms with E-state index in [0.717, 1.165) is 0 Å². The van der Waals surface area contributed by atoms with Crippen molar-refractivity contribution in [2.75, 3.05) is 20.3 Å². The SMILES string of the molecule is COCC(C)(CCO)NC(=O)c1cccn1C(C)C. The summed E-state index contributed by atoms with van der Waals surface area (Å²) in [5.41, 5.74) is 0.0578. The van der Waals surface area contributed by atoms with Crippen molar-refractivity contribution >= 4 is 5.91 Å². The largest absolute Gasteiger partial charge is 0.396 e. The molecule has 0 spiro atoms. The number of carbonyl (C=O) groups excluding carboxylic acids is 1. The number of carbonyl (C=O) groups is 1. The fourth-order valence-corrected chi connectivity index (χ4v) is 2.11. The highest BCUT2D eigenvalue weighted by atomic mass is 16.5. The van der Waals surface area contributed by atoms with Crippen molar-refractivity contribution in [1.29, 1.82) is 0 Å². The van der Waals surface area contributed by atoms with Gasteiger partial charge in [-0.1, -0.05) is 0 Å². The number of methoxy groups -OCH3 is 1. The summed E-state index contributed by atoms with van der Waals surface area (Å²) >= 11 is 0. The maximum Gasteiger partial charge on any atom is 0.268 e. The Labute approximate surface area is 114 Å². The molecule has 0 bridgehead atoms. The van der Waals surface area contributed by atoms with E-state index < -0.39 is 5.54 Å². The van der Waals surface area contributed by atoms with Gasteiger partial charge in [-0.25, -0.2) is 0 Å². The van der Waals surface area contributed by atoms with Crippen molar-refractivity contribution in [3.05, 3.63) is 24.0 Å². The third-order valence-corrected chi connectivity index (χ3v) is 3.11. The van der Waals surface area contributed by atoms with Crippen LogP contribution in [-0.2, 0) is 4.74 Å². The molecule has 1 aromatic rings. The summed E-state index contributed by atoms with van der Waals surface area (Å²) in [6.07, 6.45) is 2.34. The van der Waals surface area contributed by atoms with Gasteiger partial charge in [0.1, 0.15) is 5.69 Å². The Balaban J connectivity index is 2.85. The van der Waals surface area contributed by atoms with Crippen LogP contribution in [0.4, 0.5) is 0 Å². The van der Waals surface area contributed by atoms with E-state index >= 15 is 0 Å². The van der Waals surface area contributed by atoms with Gasteiger partial charge in [-0.05, 0) is 39.3 Å². The normalized spacial score (nSPS) is 14.4. The van der Waals surface area contributed by atoms with Gasteiger partial charge in [0.15, 0.2) is 0 Å². The summed E-state index contributed by atoms with van der Waals surface area (Å²) < 4.78 is 7.04. The molecule has 0 saturated carbocycles. The summed E-state index contributed by atoms with van der Waals surface area (Å²) in [4.78, 5) is 12.3. The molecular formula is C14H24N2O3. The van der Waals surface area contributed by atoms with E-state index in [2.05, 4.69) is 5.32 Å². The highest BCUT2D eigenvalue weighted by molar-refractivity contribution is 5.93. The monoisotopic (exact) mass is 268 g/mol. The number of aliphatic hydroxyl groups is 1. The Morgan fingerprint density at radius 3 is 2.79 bits per heavy atom. The van der Waals surface area contributed by atoms with Gasteiger partial charge in [-0.3, -0.25) is 4.79 Å². The van der Waals surface area contributed by atoms with Gasteiger partial charge in [-0.15, -0.1) is 0 Å². The van der Waals surface area contributed by atoms with Crippen LogP contribution >= 0.6 is 0 Å². The van der Waals surface area contributed by atoms with E-state index in [0.29, 0.717) is 18.7 Å². The van der Waals surface area contributed by atoms with Crippen LogP contribution in [0.3, 0.4) is 0 Å². The minimum atomic E-state index is -0.563. The molecule has 0 aliphatic rings. The fourth-order valence-electron chi connectivity index (χ4n) is 2.11. The van der Waals surface area contributed by atoms with Crippen molar-refractivity contribution in [1.82, 2.24) is 9.88 Å². The summed E-state index contributed by atoms with van der Waals surface area (Å²) in [7, 11) is 1.58. The molecule has 0 radical (unpaired) electrons. The lowest BCUT2D eigenvalue weighted by atomic mass is 9.99. The number of ether oxygens (including phenoxy) is 1. The van der Waals surface area contributed by atoms with Gasteiger partial charge < -0.3 is 19.7 Å². The number of amides is 1. The van der Waals surface area contributed by atoms with Crippen LogP contribution in [0, 0.1) is 0 Å². The Morgan fingerprint density at radius 2 is 2.26 bits per heavy atom. The Morgan fingerprint density at radius 1 is 1.58 bits per heavy atom. The Hall–Kier alpha value is -1.33. The molecule has 5 nitrogen and oxygen atoms in total. The van der Waals surface area contributed by atoms with Crippen LogP contribution in [-0.4, -0.2) is 41.4 Å². The molecule has 0 aliphatic heterocycles. The smallest absolute Gasteiger partial charge is 0.268 e. The van der Waals surface area contributed by atoms with Crippen molar-refractivity contribution in [2.45, 2.75) is 38.8 Å². The second-order valence-corrected chi connectivity index (χ2v) is 5.32. The molecule has 5 heteroatoms. The first-order chi connectivity index (χ1) is 8.93. The van der Waals surface area contributed by atoms with E-state index in [4.69, 9.17) is 9.84 Å². The minimum absolute atomic E-state index is 0.00529. The first-order valence-electron chi connectivity index (χ1n) is 6.52. The molecule has 0 aromatic carbocycles. The zero-order valence-corrected chi connectivity index (χ0v) is 12.1. The predicted molar refractivity (Wildman–Crippen MR) is 74.3 cm³/mol. The Bertz CT molecular complexity index is 407. The zero-order chi connectivity index (χ0) is 14.5. The lowest BCUT2D eigenvalue weighted by Gasteiger charge is -2.29. The number of aliphatic hydroxyl groups excluding tert-OH is 1. The molecule has 1 heterocycles. The van der Waals surface area contributed by atoms with Gasteiger partial charge in [0, 0.05) is 26.0 Å². The number of nitrogens with zero attached hydrogens (tertiary/aromatic N) is 1. The Kier molecular flexibility index (Phi) is 5.57. The average Bonchev–Trinajstić information content (AvgIpc) is 2.77. The van der Waals surface area contributed by atoms with Crippen LogP contribution in [0.5, 0.6) is 0 Å². The predicted octanol–water partition coefficient (Wildman–Crippen LogP) is 1.59. The van der Waals surface area contributed by atoms with Gasteiger partial charge in [0.25, 0.3) is 5.91 Å². The van der Waals surface area contributed by atoms with Crippen molar-refractivity contribution in [2.24, 2.45) is 0 Å². The summed E-state index contributed by atoms with van der Waals surface area (Å²) in [6.45, 7) is 6.29. The van der Waals surface area contributed by atoms with Crippen LogP contribution < -0.4 is 5.32 Å². The minimum Gasteiger partial charge on any atom is -0.396 e. The van der Waals surface area contributed by atoms with E-state index in [1.54, 1.807) is 13.2 Å². The van der Waals surface area contributed by atoms with Gasteiger partial charge >= 0.3 is 0 Å². The molecule has 0 fully saturated rings. The van der Waals surface area contributed by atoms with Crippen LogP contribution in [0.25, 0.3) is 0 Å². The summed E-state index contributed by atoms with van der Waals surface area (Å²) in [5.74, 6) is -0.147. The van der Waals surface area contributed by atoms with E-state index in [1.165, 1.54) is 0 Å². The number of nitrogens with one attached hydrogen (secondary N) is 1. The molecule has 1 unspecified atom stereocenters. The summed E-state index contributed by atoms with van der Waals surface area (Å²) in [5, 5.41) is 12.1. The third kappa shape index (κ3) is 4.08. The maximum absolute atomic E-state index is 12.3. The maximum atomic E-state index is 12.3. The van der Waals surface area contributed by atoms with Gasteiger partial charge in [-0.2, -0.15) is 0 Å². The molecule has 1 aromatic heterocycles. The highest BCUT2D eigenvalue weighted by Gasteiger charge is 2.27. The summed E-state index contributed by atoms with van der Waals surface area (Å²) in [6, 6.07) is 3.87. The number of aromatic nitrogens is 1. The van der Waals surface area contributed by atoms with Crippen LogP contribution in [0.2, 0.25) is 0 Å². The quantitative estimate of drug-likeness (QED) is 0.789. The second kappa shape index (κ2) is 6.73. The van der Waals surface area contributed by atoms with Crippen LogP contribution in [0.1, 0.15) is 43.7 Å². The first kappa shape index (κ1) is 15.7. The molecular weight excluding hydrogens is 244 g/mol. The van der Waals surface area contributed by atoms with E-state index in [9.17, 15) is 4.79 Å². The highest BCUT2D eigenvalue weighted by Crippen LogP contribution is 2.14. The zero-order valence-electron chi connectivity index (χ0n) is 12.1. The molecule has 1 amide bonds. The van der Waals surface area contributed by atoms with E-state index in [1.807, 2.05) is 37.6 Å². The fraction of sp³-hybridized carbons (Fsp3) is 0.643.